The van der Waals surface area contributed by atoms with Gasteiger partial charge in [-0.05, 0) is 66.6 Å². The van der Waals surface area contributed by atoms with Crippen molar-refractivity contribution in [1.82, 2.24) is 0 Å². The van der Waals surface area contributed by atoms with E-state index >= 15 is 0 Å². The molecule has 0 aromatic heterocycles. The third-order valence-corrected chi connectivity index (χ3v) is 5.60. The number of carbonyl (C=O) groups is 1. The normalized spacial score (nSPS) is 20.1. The maximum absolute atomic E-state index is 12.7. The van der Waals surface area contributed by atoms with E-state index in [0.29, 0.717) is 0 Å². The van der Waals surface area contributed by atoms with E-state index in [0.717, 1.165) is 28.2 Å². The number of hydrogen-bond acceptors (Lipinski definition) is 3. The zero-order valence-corrected chi connectivity index (χ0v) is 17.8. The van der Waals surface area contributed by atoms with Crippen LogP contribution in [0.5, 0.6) is 0 Å². The number of carbonyl (C=O) groups excluding carboxylic acids is 1. The van der Waals surface area contributed by atoms with Gasteiger partial charge in [-0.15, -0.1) is 0 Å². The molecule has 1 saturated carbocycles. The molecule has 1 aliphatic rings. The van der Waals surface area contributed by atoms with Crippen LogP contribution in [0.3, 0.4) is 0 Å². The molecule has 2 atom stereocenters. The Labute approximate surface area is 175 Å². The van der Waals surface area contributed by atoms with Gasteiger partial charge >= 0.3 is 0 Å². The lowest BCUT2D eigenvalue weighted by Crippen LogP contribution is -2.16. The number of amides is 1. The topological polar surface area (TPSA) is 53.8 Å². The Kier molecular flexibility index (Phi) is 5.92. The molecular weight excluding hydrogens is 393 g/mol. The monoisotopic (exact) mass is 415 g/mol. The number of nitrogens with zero attached hydrogens (tertiary/aromatic N) is 2. The molecule has 0 bridgehead atoms. The van der Waals surface area contributed by atoms with Crippen molar-refractivity contribution in [3.05, 3.63) is 64.2 Å². The maximum atomic E-state index is 12.7. The average Bonchev–Trinajstić information content (AvgIpc) is 3.15. The molecule has 1 amide bonds. The van der Waals surface area contributed by atoms with Gasteiger partial charge in [0, 0.05) is 5.69 Å². The van der Waals surface area contributed by atoms with Crippen LogP contribution in [-0.2, 0) is 4.79 Å². The molecule has 28 heavy (non-hydrogen) atoms. The molecule has 2 unspecified atom stereocenters. The van der Waals surface area contributed by atoms with Gasteiger partial charge in [0.2, 0.25) is 5.91 Å². The Morgan fingerprint density at radius 1 is 1.04 bits per heavy atom. The summed E-state index contributed by atoms with van der Waals surface area (Å²) in [4.78, 5) is 12.7. The summed E-state index contributed by atoms with van der Waals surface area (Å²) in [5.74, 6) is -0.143. The van der Waals surface area contributed by atoms with Crippen LogP contribution >= 0.6 is 23.2 Å². The molecule has 4 nitrogen and oxygen atoms in total. The quantitative estimate of drug-likeness (QED) is 0.513. The molecule has 0 saturated heterocycles. The van der Waals surface area contributed by atoms with Gasteiger partial charge in [0.25, 0.3) is 0 Å². The number of benzene rings is 2. The highest BCUT2D eigenvalue weighted by Crippen LogP contribution is 2.60. The summed E-state index contributed by atoms with van der Waals surface area (Å²) in [5.41, 5.74) is 4.19. The lowest BCUT2D eigenvalue weighted by Gasteiger charge is -2.08. The third-order valence-electron chi connectivity index (χ3n) is 5.34. The fourth-order valence-electron chi connectivity index (χ4n) is 3.47. The zero-order valence-electron chi connectivity index (χ0n) is 16.3. The summed E-state index contributed by atoms with van der Waals surface area (Å²) < 4.78 is 0.201. The number of anilines is 1. The second kappa shape index (κ2) is 8.06. The van der Waals surface area contributed by atoms with Crippen molar-refractivity contribution in [2.24, 2.45) is 27.5 Å². The van der Waals surface area contributed by atoms with Crippen molar-refractivity contribution < 1.29 is 4.79 Å². The smallest absolute Gasteiger partial charge is 0.228 e. The van der Waals surface area contributed by atoms with Gasteiger partial charge in [-0.2, -0.15) is 10.2 Å². The van der Waals surface area contributed by atoms with Crippen LogP contribution in [0.25, 0.3) is 0 Å². The van der Waals surface area contributed by atoms with E-state index in [1.165, 1.54) is 0 Å². The van der Waals surface area contributed by atoms with Crippen molar-refractivity contribution in [2.45, 2.75) is 27.7 Å². The first kappa shape index (κ1) is 20.6. The third kappa shape index (κ3) is 4.45. The first-order valence-electron chi connectivity index (χ1n) is 9.12. The highest BCUT2D eigenvalue weighted by atomic mass is 35.5. The molecule has 1 fully saturated rings. The van der Waals surface area contributed by atoms with Gasteiger partial charge in [0.15, 0.2) is 0 Å². The van der Waals surface area contributed by atoms with E-state index in [9.17, 15) is 4.79 Å². The Morgan fingerprint density at radius 2 is 1.68 bits per heavy atom. The first-order valence-corrected chi connectivity index (χ1v) is 9.87. The van der Waals surface area contributed by atoms with Crippen LogP contribution in [0.1, 0.15) is 25.0 Å². The number of rotatable bonds is 5. The number of azo groups is 1. The average molecular weight is 416 g/mol. The van der Waals surface area contributed by atoms with Gasteiger partial charge in [-0.25, -0.2) is 0 Å². The molecule has 0 aliphatic heterocycles. The van der Waals surface area contributed by atoms with Crippen LogP contribution < -0.4 is 5.32 Å². The molecule has 1 aliphatic carbocycles. The fraction of sp³-hybridized carbons (Fsp3) is 0.318. The minimum Gasteiger partial charge on any atom is -0.326 e. The molecule has 1 N–H and O–H groups in total. The van der Waals surface area contributed by atoms with Crippen molar-refractivity contribution in [3.63, 3.8) is 0 Å². The molecule has 0 heterocycles. The molecular formula is C22H23Cl2N3O. The van der Waals surface area contributed by atoms with E-state index in [-0.39, 0.29) is 27.6 Å². The summed E-state index contributed by atoms with van der Waals surface area (Å²) in [6, 6.07) is 13.4. The molecule has 3 rings (SSSR count). The Morgan fingerprint density at radius 3 is 2.29 bits per heavy atom. The molecule has 2 aromatic rings. The van der Waals surface area contributed by atoms with E-state index in [1.807, 2.05) is 70.2 Å². The predicted molar refractivity (Wildman–Crippen MR) is 116 cm³/mol. The number of allylic oxidation sites excluding steroid dienone is 1. The lowest BCUT2D eigenvalue weighted by atomic mass is 10.1. The van der Waals surface area contributed by atoms with Gasteiger partial charge in [0.05, 0.1) is 17.3 Å². The summed E-state index contributed by atoms with van der Waals surface area (Å²) in [6.07, 6.45) is 1.74. The number of halogens is 2. The van der Waals surface area contributed by atoms with Crippen LogP contribution in [0, 0.1) is 31.1 Å². The van der Waals surface area contributed by atoms with Crippen molar-refractivity contribution in [3.8, 4) is 0 Å². The van der Waals surface area contributed by atoms with E-state index in [4.69, 9.17) is 23.2 Å². The minimum atomic E-state index is -0.157. The van der Waals surface area contributed by atoms with Gasteiger partial charge in [0.1, 0.15) is 4.49 Å². The summed E-state index contributed by atoms with van der Waals surface area (Å²) >= 11 is 11.5. The van der Waals surface area contributed by atoms with E-state index < -0.39 is 0 Å². The highest BCUT2D eigenvalue weighted by Gasteiger charge is 2.60. The van der Waals surface area contributed by atoms with E-state index in [2.05, 4.69) is 15.5 Å². The summed E-state index contributed by atoms with van der Waals surface area (Å²) in [6.45, 7) is 8.02. The van der Waals surface area contributed by atoms with Crippen molar-refractivity contribution in [1.29, 1.82) is 0 Å². The minimum absolute atomic E-state index is 0.0329. The van der Waals surface area contributed by atoms with Crippen LogP contribution in [0.2, 0.25) is 0 Å². The molecule has 2 aromatic carbocycles. The largest absolute Gasteiger partial charge is 0.326 e. The maximum Gasteiger partial charge on any atom is 0.228 e. The van der Waals surface area contributed by atoms with E-state index in [1.54, 1.807) is 6.08 Å². The van der Waals surface area contributed by atoms with Crippen molar-refractivity contribution in [2.75, 3.05) is 5.32 Å². The standard InChI is InChI=1S/C22H23Cl2N3O/c1-13-7-5-6-8-17(13)26-27-18-10-9-15(11-14(18)2)25-21(28)20-16(12-19(23)24)22(20,3)4/h5-12,16,20H,1-4H3,(H,25,28). The Balaban J connectivity index is 1.70. The summed E-state index contributed by atoms with van der Waals surface area (Å²) in [5, 5.41) is 11.7. The second-order valence-corrected chi connectivity index (χ2v) is 8.77. The molecule has 0 spiro atoms. The number of hydrogen-bond donors (Lipinski definition) is 1. The van der Waals surface area contributed by atoms with Gasteiger partial charge < -0.3 is 5.32 Å². The summed E-state index contributed by atoms with van der Waals surface area (Å²) in [7, 11) is 0. The Hall–Kier alpha value is -2.17. The molecule has 146 valence electrons. The highest BCUT2D eigenvalue weighted by molar-refractivity contribution is 6.55. The fourth-order valence-corrected chi connectivity index (χ4v) is 3.75. The van der Waals surface area contributed by atoms with Crippen LogP contribution in [0.15, 0.2) is 63.3 Å². The van der Waals surface area contributed by atoms with Gasteiger partial charge in [-0.3, -0.25) is 4.79 Å². The zero-order chi connectivity index (χ0) is 20.5. The number of nitrogens with one attached hydrogen (secondary N) is 1. The molecule has 0 radical (unpaired) electrons. The van der Waals surface area contributed by atoms with Crippen molar-refractivity contribution >= 4 is 46.2 Å². The van der Waals surface area contributed by atoms with Crippen LogP contribution in [-0.4, -0.2) is 5.91 Å². The molecule has 6 heteroatoms. The number of aryl methyl sites for hydroxylation is 2. The Bertz CT molecular complexity index is 962. The predicted octanol–water partition coefficient (Wildman–Crippen LogP) is 7.25. The SMILES string of the molecule is Cc1ccccc1N=Nc1ccc(NC(=O)C2C(C=C(Cl)Cl)C2(C)C)cc1C. The van der Waals surface area contributed by atoms with Crippen LogP contribution in [0.4, 0.5) is 17.1 Å². The first-order chi connectivity index (χ1) is 13.2. The van der Waals surface area contributed by atoms with Gasteiger partial charge in [-0.1, -0.05) is 55.2 Å². The second-order valence-electron chi connectivity index (χ2n) is 7.76. The lowest BCUT2D eigenvalue weighted by molar-refractivity contribution is -0.118.